The van der Waals surface area contributed by atoms with E-state index in [2.05, 4.69) is 21.3 Å². The summed E-state index contributed by atoms with van der Waals surface area (Å²) >= 11 is 0. The van der Waals surface area contributed by atoms with Crippen molar-refractivity contribution in [1.29, 1.82) is 0 Å². The Kier molecular flexibility index (Phi) is 17.2. The average molecular weight is 732 g/mol. The number of aliphatic carboxylic acids is 2. The molecule has 1 aliphatic rings. The molecule has 1 aromatic rings. The molecule has 1 fully saturated rings. The van der Waals surface area contributed by atoms with Gasteiger partial charge >= 0.3 is 11.9 Å². The maximum Gasteiger partial charge on any atom is 0.326 e. The van der Waals surface area contributed by atoms with E-state index in [9.17, 15) is 48.6 Å². The van der Waals surface area contributed by atoms with Crippen molar-refractivity contribution < 1.29 is 48.6 Å². The molecule has 0 aromatic heterocycles. The van der Waals surface area contributed by atoms with Gasteiger partial charge in [0.05, 0.1) is 12.5 Å². The maximum atomic E-state index is 13.8. The van der Waals surface area contributed by atoms with Gasteiger partial charge in [0.15, 0.2) is 0 Å². The zero-order valence-electron chi connectivity index (χ0n) is 30.1. The fourth-order valence-electron chi connectivity index (χ4n) is 5.90. The molecule has 0 aliphatic carbocycles. The van der Waals surface area contributed by atoms with Crippen molar-refractivity contribution in [2.75, 3.05) is 6.54 Å². The van der Waals surface area contributed by atoms with Crippen LogP contribution in [0.3, 0.4) is 0 Å². The van der Waals surface area contributed by atoms with Crippen LogP contribution in [0.1, 0.15) is 78.2 Å². The van der Waals surface area contributed by atoms with E-state index < -0.39 is 84.1 Å². The Morgan fingerprint density at radius 3 is 1.90 bits per heavy atom. The standard InChI is InChI=1S/C35H53N7O10/c1-19(2)15-22(36)34(50)42-14-8-11-27(42)33(49)40-24(17-21-9-6-5-7-10-21)31(47)39-25(18-29(44)45)32(48)38-23(12-13-28(37)43)30(46)41-26(35(51)52)16-20(3)4/h5-7,9-10,19-20,22-27H,8,11-18,36H2,1-4H3,(H2,37,43)(H,38,48)(H,39,47)(H,40,49)(H,41,46)(H,44,45)(H,51,52)/t22-,23-,24-,25-,26-,27-/m0/s1. The monoisotopic (exact) mass is 731 g/mol. The number of nitrogens with one attached hydrogen (secondary N) is 4. The molecular weight excluding hydrogens is 678 g/mol. The molecule has 1 heterocycles. The summed E-state index contributed by atoms with van der Waals surface area (Å²) in [5.74, 6) is -7.62. The molecule has 0 spiro atoms. The molecule has 6 atom stereocenters. The van der Waals surface area contributed by atoms with Crippen LogP contribution in [0.2, 0.25) is 0 Å². The number of benzene rings is 1. The highest BCUT2D eigenvalue weighted by atomic mass is 16.4. The summed E-state index contributed by atoms with van der Waals surface area (Å²) in [6.45, 7) is 7.63. The first-order valence-electron chi connectivity index (χ1n) is 17.4. The van der Waals surface area contributed by atoms with Gasteiger partial charge in [0.25, 0.3) is 0 Å². The lowest BCUT2D eigenvalue weighted by atomic mass is 10.0. The largest absolute Gasteiger partial charge is 0.481 e. The number of amides is 6. The first-order valence-corrected chi connectivity index (χ1v) is 17.4. The van der Waals surface area contributed by atoms with E-state index >= 15 is 0 Å². The quantitative estimate of drug-likeness (QED) is 0.0791. The topological polar surface area (TPSA) is 280 Å². The summed E-state index contributed by atoms with van der Waals surface area (Å²) in [6, 6.07) is 0.919. The smallest absolute Gasteiger partial charge is 0.326 e. The van der Waals surface area contributed by atoms with Gasteiger partial charge in [-0.15, -0.1) is 0 Å². The third-order valence-electron chi connectivity index (χ3n) is 8.44. The first-order chi connectivity index (χ1) is 24.4. The van der Waals surface area contributed by atoms with Crippen LogP contribution in [-0.4, -0.2) is 105 Å². The number of nitrogens with two attached hydrogens (primary N) is 2. The minimum absolute atomic E-state index is 0.0569. The second-order valence-corrected chi connectivity index (χ2v) is 13.9. The summed E-state index contributed by atoms with van der Waals surface area (Å²) < 4.78 is 0. The van der Waals surface area contributed by atoms with Crippen LogP contribution in [0.25, 0.3) is 0 Å². The SMILES string of the molecule is CC(C)C[C@H](NC(=O)[C@H](CCC(N)=O)NC(=O)[C@H](CC(=O)O)NC(=O)[C@H](Cc1ccccc1)NC(=O)[C@@H]1CCCN1C(=O)[C@@H](N)CC(C)C)C(=O)O. The van der Waals surface area contributed by atoms with E-state index in [1.54, 1.807) is 44.2 Å². The zero-order valence-corrected chi connectivity index (χ0v) is 30.1. The normalized spacial score (nSPS) is 17.0. The molecule has 17 heteroatoms. The molecule has 288 valence electrons. The fourth-order valence-corrected chi connectivity index (χ4v) is 5.90. The first kappa shape index (κ1) is 43.1. The van der Waals surface area contributed by atoms with Crippen molar-refractivity contribution >= 4 is 47.4 Å². The van der Waals surface area contributed by atoms with Crippen molar-refractivity contribution in [2.24, 2.45) is 23.3 Å². The van der Waals surface area contributed by atoms with Crippen molar-refractivity contribution in [1.82, 2.24) is 26.2 Å². The maximum absolute atomic E-state index is 13.8. The lowest BCUT2D eigenvalue weighted by Crippen LogP contribution is -2.59. The van der Waals surface area contributed by atoms with Crippen LogP contribution < -0.4 is 32.7 Å². The summed E-state index contributed by atoms with van der Waals surface area (Å²) in [6.07, 6.45) is -0.404. The predicted octanol–water partition coefficient (Wildman–Crippen LogP) is -0.596. The molecule has 10 N–H and O–H groups in total. The van der Waals surface area contributed by atoms with Crippen LogP contribution >= 0.6 is 0 Å². The number of carboxylic acid groups (broad SMARTS) is 2. The summed E-state index contributed by atoms with van der Waals surface area (Å²) in [4.78, 5) is 104. The van der Waals surface area contributed by atoms with Gasteiger partial charge in [0.1, 0.15) is 30.2 Å². The highest BCUT2D eigenvalue weighted by Crippen LogP contribution is 2.20. The van der Waals surface area contributed by atoms with E-state index in [-0.39, 0.29) is 43.4 Å². The molecule has 0 saturated carbocycles. The number of hydrogen-bond acceptors (Lipinski definition) is 9. The van der Waals surface area contributed by atoms with E-state index in [4.69, 9.17) is 11.5 Å². The molecule has 0 unspecified atom stereocenters. The van der Waals surface area contributed by atoms with Crippen LogP contribution in [0.5, 0.6) is 0 Å². The molecule has 1 saturated heterocycles. The van der Waals surface area contributed by atoms with Gasteiger partial charge in [-0.1, -0.05) is 58.0 Å². The number of carboxylic acids is 2. The summed E-state index contributed by atoms with van der Waals surface area (Å²) in [5.41, 5.74) is 12.0. The third kappa shape index (κ3) is 14.3. The summed E-state index contributed by atoms with van der Waals surface area (Å²) in [5, 5.41) is 28.9. The Hall–Kier alpha value is -5.06. The highest BCUT2D eigenvalue weighted by molar-refractivity contribution is 5.97. The van der Waals surface area contributed by atoms with Gasteiger partial charge in [-0.05, 0) is 49.5 Å². The van der Waals surface area contributed by atoms with E-state index in [0.717, 1.165) is 0 Å². The second-order valence-electron chi connectivity index (χ2n) is 13.9. The van der Waals surface area contributed by atoms with E-state index in [1.165, 1.54) is 4.90 Å². The molecule has 0 radical (unpaired) electrons. The molecule has 52 heavy (non-hydrogen) atoms. The Bertz CT molecular complexity index is 1440. The molecule has 17 nitrogen and oxygen atoms in total. The fraction of sp³-hybridized carbons (Fsp3) is 0.600. The molecule has 0 bridgehead atoms. The number of nitrogens with zero attached hydrogens (tertiary/aromatic N) is 1. The van der Waals surface area contributed by atoms with Crippen molar-refractivity contribution in [3.05, 3.63) is 35.9 Å². The van der Waals surface area contributed by atoms with E-state index in [0.29, 0.717) is 31.4 Å². The molecule has 1 aliphatic heterocycles. The molecule has 2 rings (SSSR count). The van der Waals surface area contributed by atoms with Gasteiger partial charge < -0.3 is 47.8 Å². The number of hydrogen-bond donors (Lipinski definition) is 8. The Morgan fingerprint density at radius 1 is 0.788 bits per heavy atom. The van der Waals surface area contributed by atoms with Gasteiger partial charge in [-0.25, -0.2) is 4.79 Å². The summed E-state index contributed by atoms with van der Waals surface area (Å²) in [7, 11) is 0. The molecule has 6 amide bonds. The van der Waals surface area contributed by atoms with Gasteiger partial charge in [-0.2, -0.15) is 0 Å². The van der Waals surface area contributed by atoms with Crippen molar-refractivity contribution in [2.45, 2.75) is 115 Å². The van der Waals surface area contributed by atoms with Gasteiger partial charge in [-0.3, -0.25) is 33.6 Å². The molecule has 1 aromatic carbocycles. The Morgan fingerprint density at radius 2 is 1.35 bits per heavy atom. The Balaban J connectivity index is 2.33. The highest BCUT2D eigenvalue weighted by Gasteiger charge is 2.39. The average Bonchev–Trinajstić information content (AvgIpc) is 3.55. The van der Waals surface area contributed by atoms with Crippen LogP contribution in [0.15, 0.2) is 30.3 Å². The lowest BCUT2D eigenvalue weighted by Gasteiger charge is -2.29. The zero-order chi connectivity index (χ0) is 39.1. The number of primary amides is 1. The molecular formula is C35H53N7O10. The minimum Gasteiger partial charge on any atom is -0.481 e. The number of carbonyl (C=O) groups is 8. The Labute approximate surface area is 303 Å². The van der Waals surface area contributed by atoms with Crippen LogP contribution in [-0.2, 0) is 44.8 Å². The van der Waals surface area contributed by atoms with Gasteiger partial charge in [0.2, 0.25) is 35.4 Å². The van der Waals surface area contributed by atoms with E-state index in [1.807, 2.05) is 13.8 Å². The predicted molar refractivity (Wildman–Crippen MR) is 188 cm³/mol. The lowest BCUT2D eigenvalue weighted by molar-refractivity contribution is -0.144. The number of rotatable bonds is 21. The van der Waals surface area contributed by atoms with Crippen LogP contribution in [0, 0.1) is 11.8 Å². The minimum atomic E-state index is -1.77. The number of likely N-dealkylation sites (tertiary alicyclic amines) is 1. The van der Waals surface area contributed by atoms with Crippen molar-refractivity contribution in [3.8, 4) is 0 Å². The van der Waals surface area contributed by atoms with Crippen molar-refractivity contribution in [3.63, 3.8) is 0 Å². The van der Waals surface area contributed by atoms with Crippen LogP contribution in [0.4, 0.5) is 0 Å². The third-order valence-corrected chi connectivity index (χ3v) is 8.44. The number of carbonyl (C=O) groups excluding carboxylic acids is 6. The van der Waals surface area contributed by atoms with Gasteiger partial charge in [0, 0.05) is 19.4 Å². The second kappa shape index (κ2) is 20.7.